The van der Waals surface area contributed by atoms with E-state index in [2.05, 4.69) is 20.3 Å². The van der Waals surface area contributed by atoms with Gasteiger partial charge in [0.25, 0.3) is 0 Å². The summed E-state index contributed by atoms with van der Waals surface area (Å²) in [5, 5.41) is 2.92. The van der Waals surface area contributed by atoms with Gasteiger partial charge in [-0.2, -0.15) is 0 Å². The first kappa shape index (κ1) is 8.68. The van der Waals surface area contributed by atoms with Crippen molar-refractivity contribution in [3.63, 3.8) is 0 Å². The summed E-state index contributed by atoms with van der Waals surface area (Å²) in [6.45, 7) is 0. The SMILES string of the molecule is CNc1cnc2cc(OC)ncc2n1. The molecule has 0 aliphatic heterocycles. The minimum atomic E-state index is 0.545. The molecular weight excluding hydrogens is 180 g/mol. The summed E-state index contributed by atoms with van der Waals surface area (Å²) >= 11 is 0. The highest BCUT2D eigenvalue weighted by atomic mass is 16.5. The number of anilines is 1. The summed E-state index contributed by atoms with van der Waals surface area (Å²) in [7, 11) is 3.37. The van der Waals surface area contributed by atoms with Crippen molar-refractivity contribution in [2.24, 2.45) is 0 Å². The number of ether oxygens (including phenoxy) is 1. The molecule has 0 aliphatic carbocycles. The summed E-state index contributed by atoms with van der Waals surface area (Å²) in [4.78, 5) is 12.5. The van der Waals surface area contributed by atoms with E-state index in [4.69, 9.17) is 4.74 Å². The second-order valence-corrected chi connectivity index (χ2v) is 2.72. The first-order chi connectivity index (χ1) is 6.83. The Morgan fingerprint density at radius 1 is 1.21 bits per heavy atom. The third-order valence-electron chi connectivity index (χ3n) is 1.87. The maximum Gasteiger partial charge on any atom is 0.215 e. The number of nitrogens with one attached hydrogen (secondary N) is 1. The Balaban J connectivity index is 2.57. The number of methoxy groups -OCH3 is 1. The van der Waals surface area contributed by atoms with Gasteiger partial charge in [0.2, 0.25) is 5.88 Å². The van der Waals surface area contributed by atoms with Crippen LogP contribution in [0.15, 0.2) is 18.5 Å². The van der Waals surface area contributed by atoms with Gasteiger partial charge >= 0.3 is 0 Å². The van der Waals surface area contributed by atoms with Gasteiger partial charge in [0.1, 0.15) is 11.3 Å². The molecule has 2 aromatic rings. The Kier molecular flexibility index (Phi) is 2.14. The van der Waals surface area contributed by atoms with Crippen LogP contribution in [-0.4, -0.2) is 29.1 Å². The van der Waals surface area contributed by atoms with E-state index in [0.29, 0.717) is 5.88 Å². The molecule has 0 aliphatic rings. The van der Waals surface area contributed by atoms with Crippen LogP contribution < -0.4 is 10.1 Å². The molecule has 5 heteroatoms. The number of aromatic nitrogens is 3. The lowest BCUT2D eigenvalue weighted by Gasteiger charge is -2.02. The fourth-order valence-electron chi connectivity index (χ4n) is 1.13. The third kappa shape index (κ3) is 1.44. The van der Waals surface area contributed by atoms with Gasteiger partial charge < -0.3 is 10.1 Å². The van der Waals surface area contributed by atoms with Crippen LogP contribution in [0.25, 0.3) is 11.0 Å². The van der Waals surface area contributed by atoms with Gasteiger partial charge in [0.05, 0.1) is 25.0 Å². The molecular formula is C9H10N4O. The zero-order valence-electron chi connectivity index (χ0n) is 7.98. The lowest BCUT2D eigenvalue weighted by molar-refractivity contribution is 0.398. The van der Waals surface area contributed by atoms with Crippen molar-refractivity contribution in [1.82, 2.24) is 15.0 Å². The molecule has 0 saturated heterocycles. The molecule has 1 N–H and O–H groups in total. The van der Waals surface area contributed by atoms with Crippen LogP contribution in [0, 0.1) is 0 Å². The summed E-state index contributed by atoms with van der Waals surface area (Å²) in [5.74, 6) is 1.27. The highest BCUT2D eigenvalue weighted by Crippen LogP contribution is 2.15. The van der Waals surface area contributed by atoms with Gasteiger partial charge in [-0.1, -0.05) is 0 Å². The van der Waals surface area contributed by atoms with E-state index in [0.717, 1.165) is 16.9 Å². The molecule has 14 heavy (non-hydrogen) atoms. The van der Waals surface area contributed by atoms with Gasteiger partial charge in [-0.05, 0) is 0 Å². The Morgan fingerprint density at radius 3 is 2.79 bits per heavy atom. The summed E-state index contributed by atoms with van der Waals surface area (Å²) in [5.41, 5.74) is 1.52. The Morgan fingerprint density at radius 2 is 2.07 bits per heavy atom. The van der Waals surface area contributed by atoms with Crippen molar-refractivity contribution in [2.45, 2.75) is 0 Å². The molecule has 5 nitrogen and oxygen atoms in total. The summed E-state index contributed by atoms with van der Waals surface area (Å²) in [6, 6.07) is 1.75. The molecule has 0 atom stereocenters. The van der Waals surface area contributed by atoms with Gasteiger partial charge in [0.15, 0.2) is 0 Å². The standard InChI is InChI=1S/C9H10N4O/c1-10-8-5-11-6-3-9(14-2)12-4-7(6)13-8/h3-5H,1-2H3,(H,10,13). The van der Waals surface area contributed by atoms with Crippen LogP contribution in [0.3, 0.4) is 0 Å². The Bertz CT molecular complexity index is 414. The zero-order valence-corrected chi connectivity index (χ0v) is 7.98. The van der Waals surface area contributed by atoms with Crippen LogP contribution in [0.4, 0.5) is 5.82 Å². The fraction of sp³-hybridized carbons (Fsp3) is 0.222. The van der Waals surface area contributed by atoms with E-state index >= 15 is 0 Å². The first-order valence-electron chi connectivity index (χ1n) is 4.18. The third-order valence-corrected chi connectivity index (χ3v) is 1.87. The number of hydrogen-bond acceptors (Lipinski definition) is 5. The van der Waals surface area contributed by atoms with Gasteiger partial charge in [-0.25, -0.2) is 9.97 Å². The van der Waals surface area contributed by atoms with E-state index in [-0.39, 0.29) is 0 Å². The molecule has 0 bridgehead atoms. The summed E-state index contributed by atoms with van der Waals surface area (Å²) in [6.07, 6.45) is 3.31. The number of nitrogens with zero attached hydrogens (tertiary/aromatic N) is 3. The van der Waals surface area contributed by atoms with Gasteiger partial charge in [0, 0.05) is 13.1 Å². The second-order valence-electron chi connectivity index (χ2n) is 2.72. The molecule has 0 saturated carbocycles. The molecule has 0 unspecified atom stereocenters. The molecule has 0 fully saturated rings. The Labute approximate surface area is 81.2 Å². The van der Waals surface area contributed by atoms with Gasteiger partial charge in [-0.3, -0.25) is 4.98 Å². The van der Waals surface area contributed by atoms with Crippen LogP contribution >= 0.6 is 0 Å². The maximum absolute atomic E-state index is 4.98. The topological polar surface area (TPSA) is 59.9 Å². The molecule has 0 aromatic carbocycles. The minimum Gasteiger partial charge on any atom is -0.481 e. The van der Waals surface area contributed by atoms with Crippen LogP contribution in [0.5, 0.6) is 5.88 Å². The molecule has 2 aromatic heterocycles. The first-order valence-corrected chi connectivity index (χ1v) is 4.18. The normalized spacial score (nSPS) is 10.1. The van der Waals surface area contributed by atoms with E-state index < -0.39 is 0 Å². The smallest absolute Gasteiger partial charge is 0.215 e. The Hall–Kier alpha value is -1.91. The molecule has 2 heterocycles. The van der Waals surface area contributed by atoms with E-state index in [9.17, 15) is 0 Å². The van der Waals surface area contributed by atoms with Crippen molar-refractivity contribution in [3.05, 3.63) is 18.5 Å². The molecule has 0 spiro atoms. The second kappa shape index (κ2) is 3.45. The average Bonchev–Trinajstić information content (AvgIpc) is 2.27. The van der Waals surface area contributed by atoms with E-state index in [1.54, 1.807) is 32.6 Å². The van der Waals surface area contributed by atoms with Crippen molar-refractivity contribution < 1.29 is 4.74 Å². The fourth-order valence-corrected chi connectivity index (χ4v) is 1.13. The number of hydrogen-bond donors (Lipinski definition) is 1. The van der Waals surface area contributed by atoms with Crippen molar-refractivity contribution in [1.29, 1.82) is 0 Å². The van der Waals surface area contributed by atoms with Crippen molar-refractivity contribution in [2.75, 3.05) is 19.5 Å². The highest BCUT2D eigenvalue weighted by Gasteiger charge is 2.00. The van der Waals surface area contributed by atoms with E-state index in [1.165, 1.54) is 0 Å². The molecule has 0 radical (unpaired) electrons. The minimum absolute atomic E-state index is 0.545. The van der Waals surface area contributed by atoms with Crippen molar-refractivity contribution in [3.8, 4) is 5.88 Å². The van der Waals surface area contributed by atoms with Crippen LogP contribution in [-0.2, 0) is 0 Å². The quantitative estimate of drug-likeness (QED) is 0.767. The van der Waals surface area contributed by atoms with Crippen molar-refractivity contribution >= 4 is 16.9 Å². The number of rotatable bonds is 2. The lowest BCUT2D eigenvalue weighted by atomic mass is 10.4. The zero-order chi connectivity index (χ0) is 9.97. The monoisotopic (exact) mass is 190 g/mol. The molecule has 72 valence electrons. The lowest BCUT2D eigenvalue weighted by Crippen LogP contribution is -1.95. The predicted molar refractivity (Wildman–Crippen MR) is 53.4 cm³/mol. The highest BCUT2D eigenvalue weighted by molar-refractivity contribution is 5.75. The predicted octanol–water partition coefficient (Wildman–Crippen LogP) is 1.08. The summed E-state index contributed by atoms with van der Waals surface area (Å²) < 4.78 is 4.98. The number of pyridine rings is 1. The van der Waals surface area contributed by atoms with Gasteiger partial charge in [-0.15, -0.1) is 0 Å². The van der Waals surface area contributed by atoms with Crippen LogP contribution in [0.1, 0.15) is 0 Å². The maximum atomic E-state index is 4.98. The average molecular weight is 190 g/mol. The van der Waals surface area contributed by atoms with E-state index in [1.807, 2.05) is 0 Å². The number of fused-ring (bicyclic) bond motifs is 1. The molecule has 0 amide bonds. The molecule has 2 rings (SSSR count). The largest absolute Gasteiger partial charge is 0.481 e. The van der Waals surface area contributed by atoms with Crippen LogP contribution in [0.2, 0.25) is 0 Å².